The maximum Gasteiger partial charge on any atom is 0.315 e. The number of carbonyl (C=O) groups excluding carboxylic acids is 1. The van der Waals surface area contributed by atoms with E-state index in [4.69, 9.17) is 5.11 Å². The summed E-state index contributed by atoms with van der Waals surface area (Å²) in [7, 11) is 0. The number of carboxylic acids is 1. The maximum absolute atomic E-state index is 11.8. The van der Waals surface area contributed by atoms with Gasteiger partial charge in [0, 0.05) is 12.1 Å². The van der Waals surface area contributed by atoms with E-state index in [1.807, 2.05) is 20.8 Å². The summed E-state index contributed by atoms with van der Waals surface area (Å²) in [6, 6.07) is -0.415. The van der Waals surface area contributed by atoms with Crippen molar-refractivity contribution in [3.05, 3.63) is 0 Å². The SMILES string of the molecule is CC(C)C(C)NC(=O)NC1CCCCC1C(=O)O. The lowest BCUT2D eigenvalue weighted by Crippen LogP contribution is -2.51. The molecule has 1 saturated carbocycles. The number of carbonyl (C=O) groups is 2. The Kier molecular flexibility index (Phi) is 5.44. The van der Waals surface area contributed by atoms with Crippen LogP contribution in [-0.4, -0.2) is 29.2 Å². The summed E-state index contributed by atoms with van der Waals surface area (Å²) in [6.45, 7) is 6.01. The molecule has 5 heteroatoms. The van der Waals surface area contributed by atoms with E-state index in [2.05, 4.69) is 10.6 Å². The van der Waals surface area contributed by atoms with Crippen LogP contribution in [-0.2, 0) is 4.79 Å². The van der Waals surface area contributed by atoms with Crippen molar-refractivity contribution < 1.29 is 14.7 Å². The Morgan fingerprint density at radius 3 is 2.33 bits per heavy atom. The highest BCUT2D eigenvalue weighted by atomic mass is 16.4. The second-order valence-corrected chi connectivity index (χ2v) is 5.49. The summed E-state index contributed by atoms with van der Waals surface area (Å²) < 4.78 is 0. The lowest BCUT2D eigenvalue weighted by atomic mass is 9.84. The Balaban J connectivity index is 2.48. The summed E-state index contributed by atoms with van der Waals surface area (Å²) in [6.07, 6.45) is 3.31. The molecule has 1 fully saturated rings. The lowest BCUT2D eigenvalue weighted by Gasteiger charge is -2.30. The van der Waals surface area contributed by atoms with E-state index in [9.17, 15) is 9.59 Å². The molecule has 0 aromatic rings. The van der Waals surface area contributed by atoms with Crippen molar-refractivity contribution in [3.8, 4) is 0 Å². The monoisotopic (exact) mass is 256 g/mol. The van der Waals surface area contributed by atoms with Crippen LogP contribution in [0.4, 0.5) is 4.79 Å². The van der Waals surface area contributed by atoms with Gasteiger partial charge < -0.3 is 15.7 Å². The normalized spacial score (nSPS) is 25.6. The molecular weight excluding hydrogens is 232 g/mol. The van der Waals surface area contributed by atoms with Crippen LogP contribution in [0.2, 0.25) is 0 Å². The Morgan fingerprint density at radius 2 is 1.78 bits per heavy atom. The van der Waals surface area contributed by atoms with E-state index >= 15 is 0 Å². The molecule has 2 amide bonds. The number of hydrogen-bond donors (Lipinski definition) is 3. The Hall–Kier alpha value is -1.26. The van der Waals surface area contributed by atoms with Crippen molar-refractivity contribution >= 4 is 12.0 Å². The first kappa shape index (κ1) is 14.8. The van der Waals surface area contributed by atoms with Gasteiger partial charge in [-0.15, -0.1) is 0 Å². The van der Waals surface area contributed by atoms with Crippen molar-refractivity contribution in [2.45, 2.75) is 58.5 Å². The van der Waals surface area contributed by atoms with Crippen LogP contribution in [0.15, 0.2) is 0 Å². The number of nitrogens with one attached hydrogen (secondary N) is 2. The third-order valence-electron chi connectivity index (χ3n) is 3.76. The smallest absolute Gasteiger partial charge is 0.315 e. The van der Waals surface area contributed by atoms with E-state index in [0.717, 1.165) is 19.3 Å². The third kappa shape index (κ3) is 4.20. The van der Waals surface area contributed by atoms with Crippen LogP contribution in [0.1, 0.15) is 46.5 Å². The molecule has 5 nitrogen and oxygen atoms in total. The molecular formula is C13H24N2O3. The largest absolute Gasteiger partial charge is 0.481 e. The number of aliphatic carboxylic acids is 1. The first-order valence-corrected chi connectivity index (χ1v) is 6.71. The molecule has 3 N–H and O–H groups in total. The molecule has 0 saturated heterocycles. The van der Waals surface area contributed by atoms with Crippen molar-refractivity contribution in [2.24, 2.45) is 11.8 Å². The number of amides is 2. The van der Waals surface area contributed by atoms with Gasteiger partial charge in [0.05, 0.1) is 5.92 Å². The molecule has 0 radical (unpaired) electrons. The van der Waals surface area contributed by atoms with Gasteiger partial charge in [-0.25, -0.2) is 4.79 Å². The van der Waals surface area contributed by atoms with Crippen molar-refractivity contribution in [3.63, 3.8) is 0 Å². The predicted molar refractivity (Wildman–Crippen MR) is 69.3 cm³/mol. The molecule has 1 rings (SSSR count). The van der Waals surface area contributed by atoms with Crippen molar-refractivity contribution in [2.75, 3.05) is 0 Å². The van der Waals surface area contributed by atoms with Gasteiger partial charge in [-0.2, -0.15) is 0 Å². The van der Waals surface area contributed by atoms with E-state index in [0.29, 0.717) is 12.3 Å². The van der Waals surface area contributed by atoms with Crippen LogP contribution in [0.25, 0.3) is 0 Å². The number of urea groups is 1. The summed E-state index contributed by atoms with van der Waals surface area (Å²) >= 11 is 0. The van der Waals surface area contributed by atoms with E-state index < -0.39 is 11.9 Å². The van der Waals surface area contributed by atoms with E-state index in [1.165, 1.54) is 0 Å². The quantitative estimate of drug-likeness (QED) is 0.719. The van der Waals surface area contributed by atoms with E-state index in [1.54, 1.807) is 0 Å². The van der Waals surface area contributed by atoms with Crippen LogP contribution < -0.4 is 10.6 Å². The highest BCUT2D eigenvalue weighted by Gasteiger charge is 2.31. The molecule has 104 valence electrons. The zero-order chi connectivity index (χ0) is 13.7. The van der Waals surface area contributed by atoms with Crippen LogP contribution in [0, 0.1) is 11.8 Å². The predicted octanol–water partition coefficient (Wildman–Crippen LogP) is 1.97. The molecule has 0 bridgehead atoms. The van der Waals surface area contributed by atoms with Gasteiger partial charge in [-0.05, 0) is 25.7 Å². The first-order chi connectivity index (χ1) is 8.41. The van der Waals surface area contributed by atoms with Crippen LogP contribution >= 0.6 is 0 Å². The minimum atomic E-state index is -0.808. The molecule has 1 aliphatic carbocycles. The van der Waals surface area contributed by atoms with Gasteiger partial charge >= 0.3 is 12.0 Å². The molecule has 0 spiro atoms. The topological polar surface area (TPSA) is 78.4 Å². The number of hydrogen-bond acceptors (Lipinski definition) is 2. The summed E-state index contributed by atoms with van der Waals surface area (Å²) in [4.78, 5) is 22.9. The molecule has 0 aromatic heterocycles. The molecule has 3 unspecified atom stereocenters. The maximum atomic E-state index is 11.8. The Labute approximate surface area is 108 Å². The van der Waals surface area contributed by atoms with Crippen LogP contribution in [0.5, 0.6) is 0 Å². The third-order valence-corrected chi connectivity index (χ3v) is 3.76. The highest BCUT2D eigenvalue weighted by Crippen LogP contribution is 2.24. The summed E-state index contributed by atoms with van der Waals surface area (Å²) in [5, 5.41) is 14.8. The van der Waals surface area contributed by atoms with Gasteiger partial charge in [0.1, 0.15) is 0 Å². The minimum absolute atomic E-state index is 0.0804. The summed E-state index contributed by atoms with van der Waals surface area (Å²) in [5.74, 6) is -0.895. The van der Waals surface area contributed by atoms with Gasteiger partial charge in [0.2, 0.25) is 0 Å². The number of carboxylic acid groups (broad SMARTS) is 1. The fourth-order valence-corrected chi connectivity index (χ4v) is 2.18. The first-order valence-electron chi connectivity index (χ1n) is 6.71. The van der Waals surface area contributed by atoms with Gasteiger partial charge in [-0.3, -0.25) is 4.79 Å². The zero-order valence-electron chi connectivity index (χ0n) is 11.4. The second-order valence-electron chi connectivity index (χ2n) is 5.49. The average Bonchev–Trinajstić information content (AvgIpc) is 2.28. The lowest BCUT2D eigenvalue weighted by molar-refractivity contribution is -0.143. The fourth-order valence-electron chi connectivity index (χ4n) is 2.18. The molecule has 18 heavy (non-hydrogen) atoms. The Bertz CT molecular complexity index is 305. The molecule has 0 aliphatic heterocycles. The van der Waals surface area contributed by atoms with Crippen molar-refractivity contribution in [1.82, 2.24) is 10.6 Å². The fraction of sp³-hybridized carbons (Fsp3) is 0.846. The van der Waals surface area contributed by atoms with Crippen molar-refractivity contribution in [1.29, 1.82) is 0 Å². The van der Waals surface area contributed by atoms with E-state index in [-0.39, 0.29) is 18.1 Å². The van der Waals surface area contributed by atoms with Gasteiger partial charge in [0.15, 0.2) is 0 Å². The average molecular weight is 256 g/mol. The highest BCUT2D eigenvalue weighted by molar-refractivity contribution is 5.77. The van der Waals surface area contributed by atoms with Crippen LogP contribution in [0.3, 0.4) is 0 Å². The molecule has 0 aromatic carbocycles. The Morgan fingerprint density at radius 1 is 1.17 bits per heavy atom. The molecule has 1 aliphatic rings. The molecule has 3 atom stereocenters. The zero-order valence-corrected chi connectivity index (χ0v) is 11.4. The van der Waals surface area contributed by atoms with Gasteiger partial charge in [0.25, 0.3) is 0 Å². The standard InChI is InChI=1S/C13H24N2O3/c1-8(2)9(3)14-13(18)15-11-7-5-4-6-10(11)12(16)17/h8-11H,4-7H2,1-3H3,(H,16,17)(H2,14,15,18). The summed E-state index contributed by atoms with van der Waals surface area (Å²) in [5.41, 5.74) is 0. The number of rotatable bonds is 4. The van der Waals surface area contributed by atoms with Gasteiger partial charge in [-0.1, -0.05) is 26.7 Å². The second kappa shape index (κ2) is 6.61. The molecule has 0 heterocycles. The minimum Gasteiger partial charge on any atom is -0.481 e.